The van der Waals surface area contributed by atoms with Crippen LogP contribution in [-0.4, -0.2) is 0 Å². The highest BCUT2D eigenvalue weighted by molar-refractivity contribution is 5.41. The third kappa shape index (κ3) is 4.83. The molecule has 0 aromatic heterocycles. The molecule has 0 aliphatic rings. The minimum absolute atomic E-state index is 0.292. The van der Waals surface area contributed by atoms with Gasteiger partial charge < -0.3 is 10.2 Å². The molecule has 3 rings (SSSR count). The van der Waals surface area contributed by atoms with Crippen LogP contribution >= 0.6 is 0 Å². The van der Waals surface area contributed by atoms with Crippen molar-refractivity contribution in [1.82, 2.24) is 5.43 Å². The van der Waals surface area contributed by atoms with Gasteiger partial charge in [-0.25, -0.2) is 9.82 Å². The second kappa shape index (κ2) is 8.13. The summed E-state index contributed by atoms with van der Waals surface area (Å²) in [7, 11) is 0. The van der Waals surface area contributed by atoms with Gasteiger partial charge in [-0.1, -0.05) is 48.5 Å². The van der Waals surface area contributed by atoms with Crippen LogP contribution in [0.1, 0.15) is 11.1 Å². The molecule has 2 N–H and O–H groups in total. The zero-order valence-corrected chi connectivity index (χ0v) is 13.2. The fourth-order valence-corrected chi connectivity index (χ4v) is 2.25. The largest absolute Gasteiger partial charge is 0.489 e. The van der Waals surface area contributed by atoms with E-state index in [2.05, 4.69) is 10.9 Å². The highest BCUT2D eigenvalue weighted by Gasteiger charge is 1.99. The first-order valence-electron chi connectivity index (χ1n) is 7.80. The second-order valence-corrected chi connectivity index (χ2v) is 5.41. The van der Waals surface area contributed by atoms with Crippen LogP contribution in [0.2, 0.25) is 0 Å². The van der Waals surface area contributed by atoms with Gasteiger partial charge in [0.05, 0.1) is 0 Å². The molecule has 122 valence electrons. The molecule has 0 spiro atoms. The van der Waals surface area contributed by atoms with E-state index in [0.29, 0.717) is 18.9 Å². The first kappa shape index (κ1) is 16.0. The van der Waals surface area contributed by atoms with Crippen molar-refractivity contribution in [2.45, 2.75) is 13.2 Å². The lowest BCUT2D eigenvalue weighted by molar-refractivity contribution is 0.304. The predicted octanol–water partition coefficient (Wildman–Crippen LogP) is 4.52. The molecule has 0 unspecified atom stereocenters. The number of ether oxygens (including phenoxy) is 1. The van der Waals surface area contributed by atoms with E-state index >= 15 is 0 Å². The van der Waals surface area contributed by atoms with E-state index in [4.69, 9.17) is 4.74 Å². The number of nitrogens with one attached hydrogen (secondary N) is 2. The van der Waals surface area contributed by atoms with E-state index in [1.54, 1.807) is 12.1 Å². The van der Waals surface area contributed by atoms with Crippen molar-refractivity contribution in [3.8, 4) is 5.75 Å². The molecule has 4 heteroatoms. The van der Waals surface area contributed by atoms with Gasteiger partial charge in [-0.2, -0.15) is 0 Å². The van der Waals surface area contributed by atoms with Crippen molar-refractivity contribution in [3.05, 3.63) is 95.8 Å². The highest BCUT2D eigenvalue weighted by atomic mass is 19.1. The van der Waals surface area contributed by atoms with Crippen molar-refractivity contribution >= 4 is 5.69 Å². The molecule has 0 radical (unpaired) electrons. The lowest BCUT2D eigenvalue weighted by atomic mass is 10.1. The molecule has 0 saturated carbocycles. The van der Waals surface area contributed by atoms with Gasteiger partial charge >= 0.3 is 0 Å². The number of para-hydroxylation sites is 1. The summed E-state index contributed by atoms with van der Waals surface area (Å²) in [5.41, 5.74) is 9.55. The number of anilines is 1. The van der Waals surface area contributed by atoms with Crippen molar-refractivity contribution in [3.63, 3.8) is 0 Å². The Bertz CT molecular complexity index is 760. The fourth-order valence-electron chi connectivity index (χ4n) is 2.25. The van der Waals surface area contributed by atoms with Gasteiger partial charge in [0.1, 0.15) is 18.2 Å². The molecule has 0 fully saturated rings. The Morgan fingerprint density at radius 2 is 1.54 bits per heavy atom. The van der Waals surface area contributed by atoms with Crippen molar-refractivity contribution in [2.75, 3.05) is 5.43 Å². The summed E-state index contributed by atoms with van der Waals surface area (Å²) < 4.78 is 18.7. The molecule has 3 aromatic rings. The molecular formula is C20H19FN2O. The summed E-state index contributed by atoms with van der Waals surface area (Å²) in [6.45, 7) is 1.12. The lowest BCUT2D eigenvalue weighted by Gasteiger charge is -2.09. The molecule has 24 heavy (non-hydrogen) atoms. The standard InChI is InChI=1S/C20H19FN2O/c21-18-5-4-8-20(13-18)24-15-17-11-9-16(10-12-17)14-22-23-19-6-2-1-3-7-19/h1-13,22-23H,14-15H2. The quantitative estimate of drug-likeness (QED) is 0.627. The predicted molar refractivity (Wildman–Crippen MR) is 94.1 cm³/mol. The smallest absolute Gasteiger partial charge is 0.126 e. The summed E-state index contributed by atoms with van der Waals surface area (Å²) in [5.74, 6) is 0.243. The Kier molecular flexibility index (Phi) is 5.43. The summed E-state index contributed by atoms with van der Waals surface area (Å²) in [5, 5.41) is 0. The molecule has 0 aliphatic carbocycles. The maximum Gasteiger partial charge on any atom is 0.126 e. The zero-order valence-electron chi connectivity index (χ0n) is 13.2. The van der Waals surface area contributed by atoms with Crippen LogP contribution < -0.4 is 15.6 Å². The van der Waals surface area contributed by atoms with E-state index < -0.39 is 0 Å². The van der Waals surface area contributed by atoms with Gasteiger partial charge in [0.15, 0.2) is 0 Å². The van der Waals surface area contributed by atoms with Crippen LogP contribution in [0.3, 0.4) is 0 Å². The summed E-state index contributed by atoms with van der Waals surface area (Å²) in [6, 6.07) is 24.2. The van der Waals surface area contributed by atoms with E-state index in [-0.39, 0.29) is 5.82 Å². The van der Waals surface area contributed by atoms with Gasteiger partial charge in [-0.15, -0.1) is 0 Å². The van der Waals surface area contributed by atoms with Crippen LogP contribution in [0.4, 0.5) is 10.1 Å². The van der Waals surface area contributed by atoms with E-state index in [1.165, 1.54) is 12.1 Å². The summed E-state index contributed by atoms with van der Waals surface area (Å²) in [6.07, 6.45) is 0. The van der Waals surface area contributed by atoms with E-state index in [1.807, 2.05) is 54.6 Å². The Balaban J connectivity index is 1.46. The number of rotatable bonds is 7. The number of hydrogen-bond donors (Lipinski definition) is 2. The van der Waals surface area contributed by atoms with Crippen molar-refractivity contribution in [1.29, 1.82) is 0 Å². The molecule has 0 aliphatic heterocycles. The van der Waals surface area contributed by atoms with E-state index in [9.17, 15) is 4.39 Å². The number of hydrazine groups is 1. The van der Waals surface area contributed by atoms with Gasteiger partial charge in [0.2, 0.25) is 0 Å². The molecule has 3 aromatic carbocycles. The van der Waals surface area contributed by atoms with Crippen LogP contribution in [-0.2, 0) is 13.2 Å². The van der Waals surface area contributed by atoms with Crippen LogP contribution in [0.5, 0.6) is 5.75 Å². The first-order chi connectivity index (χ1) is 11.8. The van der Waals surface area contributed by atoms with Gasteiger partial charge in [0.25, 0.3) is 0 Å². The minimum atomic E-state index is -0.292. The SMILES string of the molecule is Fc1cccc(OCc2ccc(CNNc3ccccc3)cc2)c1. The van der Waals surface area contributed by atoms with Gasteiger partial charge in [-0.05, 0) is 35.4 Å². The zero-order chi connectivity index (χ0) is 16.6. The fraction of sp³-hybridized carbons (Fsp3) is 0.100. The molecule has 0 amide bonds. The number of hydrogen-bond acceptors (Lipinski definition) is 3. The van der Waals surface area contributed by atoms with Crippen molar-refractivity contribution < 1.29 is 9.13 Å². The molecule has 0 heterocycles. The molecule has 0 bridgehead atoms. The minimum Gasteiger partial charge on any atom is -0.489 e. The normalized spacial score (nSPS) is 10.4. The Morgan fingerprint density at radius 3 is 2.29 bits per heavy atom. The van der Waals surface area contributed by atoms with Crippen LogP contribution in [0, 0.1) is 5.82 Å². The average Bonchev–Trinajstić information content (AvgIpc) is 2.62. The van der Waals surface area contributed by atoms with E-state index in [0.717, 1.165) is 16.8 Å². The summed E-state index contributed by atoms with van der Waals surface area (Å²) in [4.78, 5) is 0. The molecule has 0 atom stereocenters. The summed E-state index contributed by atoms with van der Waals surface area (Å²) >= 11 is 0. The first-order valence-corrected chi connectivity index (χ1v) is 7.80. The number of halogens is 1. The maximum absolute atomic E-state index is 13.1. The highest BCUT2D eigenvalue weighted by Crippen LogP contribution is 2.14. The third-order valence-electron chi connectivity index (χ3n) is 3.52. The maximum atomic E-state index is 13.1. The lowest BCUT2D eigenvalue weighted by Crippen LogP contribution is -2.20. The van der Waals surface area contributed by atoms with Crippen LogP contribution in [0.25, 0.3) is 0 Å². The van der Waals surface area contributed by atoms with Crippen LogP contribution in [0.15, 0.2) is 78.9 Å². The average molecular weight is 322 g/mol. The van der Waals surface area contributed by atoms with Gasteiger partial charge in [0, 0.05) is 18.3 Å². The van der Waals surface area contributed by atoms with Gasteiger partial charge in [-0.3, -0.25) is 0 Å². The third-order valence-corrected chi connectivity index (χ3v) is 3.52. The van der Waals surface area contributed by atoms with Crippen molar-refractivity contribution in [2.24, 2.45) is 0 Å². The topological polar surface area (TPSA) is 33.3 Å². The molecular weight excluding hydrogens is 303 g/mol. The Hall–Kier alpha value is -2.85. The monoisotopic (exact) mass is 322 g/mol. The number of benzene rings is 3. The Morgan fingerprint density at radius 1 is 0.792 bits per heavy atom. The second-order valence-electron chi connectivity index (χ2n) is 5.41. The molecule has 0 saturated heterocycles. The Labute approximate surface area is 141 Å². The molecule has 3 nitrogen and oxygen atoms in total.